The molecular weight excluding hydrogens is 269 g/mol. The number of hydrazone groups is 1. The molecule has 0 radical (unpaired) electrons. The van der Waals surface area contributed by atoms with E-state index in [2.05, 4.69) is 24.0 Å². The minimum atomic E-state index is -0.200. The van der Waals surface area contributed by atoms with Gasteiger partial charge in [0.1, 0.15) is 5.82 Å². The van der Waals surface area contributed by atoms with Gasteiger partial charge in [-0.3, -0.25) is 5.43 Å². The van der Waals surface area contributed by atoms with Gasteiger partial charge < -0.3 is 9.64 Å². The van der Waals surface area contributed by atoms with Crippen molar-refractivity contribution in [3.8, 4) is 0 Å². The molecule has 0 aliphatic carbocycles. The predicted molar refractivity (Wildman–Crippen MR) is 82.0 cm³/mol. The molecule has 1 aromatic rings. The Morgan fingerprint density at radius 1 is 1.38 bits per heavy atom. The number of rotatable bonds is 2. The average Bonchev–Trinajstić information content (AvgIpc) is 2.48. The highest BCUT2D eigenvalue weighted by Gasteiger charge is 2.21. The van der Waals surface area contributed by atoms with E-state index in [0.717, 1.165) is 36.5 Å². The third-order valence-corrected chi connectivity index (χ3v) is 3.95. The summed E-state index contributed by atoms with van der Waals surface area (Å²) in [5.41, 5.74) is 6.16. The summed E-state index contributed by atoms with van der Waals surface area (Å²) >= 11 is 0. The van der Waals surface area contributed by atoms with E-state index in [0.29, 0.717) is 18.9 Å². The lowest BCUT2D eigenvalue weighted by Crippen LogP contribution is -2.36. The monoisotopic (exact) mass is 289 g/mol. The summed E-state index contributed by atoms with van der Waals surface area (Å²) in [7, 11) is 0. The van der Waals surface area contributed by atoms with Crippen LogP contribution in [-0.4, -0.2) is 32.0 Å². The first-order valence-corrected chi connectivity index (χ1v) is 7.29. The fourth-order valence-electron chi connectivity index (χ4n) is 2.84. The first-order valence-electron chi connectivity index (χ1n) is 7.29. The van der Waals surface area contributed by atoms with Crippen LogP contribution in [0.5, 0.6) is 0 Å². The van der Waals surface area contributed by atoms with Crippen molar-refractivity contribution in [2.75, 3.05) is 31.2 Å². The van der Waals surface area contributed by atoms with Gasteiger partial charge in [-0.15, -0.1) is 0 Å². The van der Waals surface area contributed by atoms with E-state index in [1.165, 1.54) is 0 Å². The summed E-state index contributed by atoms with van der Waals surface area (Å²) < 4.78 is 19.7. The smallest absolute Gasteiger partial charge is 0.147 e. The van der Waals surface area contributed by atoms with Crippen LogP contribution in [0, 0.1) is 11.7 Å². The van der Waals surface area contributed by atoms with Crippen molar-refractivity contribution < 1.29 is 9.13 Å². The minimum Gasteiger partial charge on any atom is -0.378 e. The fourth-order valence-corrected chi connectivity index (χ4v) is 2.84. The van der Waals surface area contributed by atoms with Gasteiger partial charge in [0.25, 0.3) is 0 Å². The Morgan fingerprint density at radius 2 is 2.14 bits per heavy atom. The van der Waals surface area contributed by atoms with E-state index in [9.17, 15) is 4.39 Å². The number of anilines is 1. The molecule has 0 saturated carbocycles. The van der Waals surface area contributed by atoms with Gasteiger partial charge in [0, 0.05) is 30.3 Å². The number of nitrogens with one attached hydrogen (secondary N) is 1. The Balaban J connectivity index is 1.85. The van der Waals surface area contributed by atoms with Gasteiger partial charge >= 0.3 is 0 Å². The minimum absolute atomic E-state index is 0.200. The molecule has 21 heavy (non-hydrogen) atoms. The maximum atomic E-state index is 14.4. The lowest BCUT2D eigenvalue weighted by Gasteiger charge is -2.29. The summed E-state index contributed by atoms with van der Waals surface area (Å²) in [6, 6.07) is 5.36. The Labute approximate surface area is 124 Å². The third kappa shape index (κ3) is 2.93. The van der Waals surface area contributed by atoms with Crippen LogP contribution < -0.4 is 10.3 Å². The van der Waals surface area contributed by atoms with Gasteiger partial charge in [0.05, 0.1) is 24.6 Å². The average molecular weight is 289 g/mol. The normalized spacial score (nSPS) is 22.8. The molecule has 112 valence electrons. The van der Waals surface area contributed by atoms with Gasteiger partial charge in [-0.05, 0) is 18.6 Å². The first-order chi connectivity index (χ1) is 10.1. The van der Waals surface area contributed by atoms with E-state index < -0.39 is 0 Å². The van der Waals surface area contributed by atoms with E-state index in [-0.39, 0.29) is 11.7 Å². The van der Waals surface area contributed by atoms with Crippen molar-refractivity contribution in [3.05, 3.63) is 41.9 Å². The van der Waals surface area contributed by atoms with Crippen LogP contribution >= 0.6 is 0 Å². The van der Waals surface area contributed by atoms with Crippen LogP contribution in [0.2, 0.25) is 0 Å². The van der Waals surface area contributed by atoms with Crippen LogP contribution in [0.1, 0.15) is 18.9 Å². The SMILES string of the molecule is C=C1C[C@H](C)C(c2ccc(N3CCOCC3)c(F)c2)=NN1. The number of hydrogen-bond donors (Lipinski definition) is 1. The van der Waals surface area contributed by atoms with E-state index >= 15 is 0 Å². The number of halogens is 1. The Hall–Kier alpha value is -1.88. The zero-order valence-corrected chi connectivity index (χ0v) is 12.2. The molecule has 0 aromatic heterocycles. The largest absolute Gasteiger partial charge is 0.378 e. The van der Waals surface area contributed by atoms with Crippen molar-refractivity contribution in [3.63, 3.8) is 0 Å². The maximum absolute atomic E-state index is 14.4. The van der Waals surface area contributed by atoms with Gasteiger partial charge in [-0.25, -0.2) is 4.39 Å². The second-order valence-corrected chi connectivity index (χ2v) is 5.58. The van der Waals surface area contributed by atoms with E-state index in [1.54, 1.807) is 6.07 Å². The molecule has 0 amide bonds. The number of ether oxygens (including phenoxy) is 1. The lowest BCUT2D eigenvalue weighted by atomic mass is 9.93. The van der Waals surface area contributed by atoms with E-state index in [4.69, 9.17) is 4.74 Å². The molecule has 1 N–H and O–H groups in total. The molecule has 4 nitrogen and oxygen atoms in total. The second-order valence-electron chi connectivity index (χ2n) is 5.58. The van der Waals surface area contributed by atoms with Gasteiger partial charge in [0.15, 0.2) is 0 Å². The van der Waals surface area contributed by atoms with Crippen LogP contribution in [0.3, 0.4) is 0 Å². The van der Waals surface area contributed by atoms with Crippen molar-refractivity contribution in [2.45, 2.75) is 13.3 Å². The Morgan fingerprint density at radius 3 is 2.81 bits per heavy atom. The number of morpholine rings is 1. The number of nitrogens with zero attached hydrogens (tertiary/aromatic N) is 2. The Bertz CT molecular complexity index is 579. The van der Waals surface area contributed by atoms with Crippen molar-refractivity contribution in [2.24, 2.45) is 11.0 Å². The summed E-state index contributed by atoms with van der Waals surface area (Å²) in [6.07, 6.45) is 0.825. The molecule has 2 aliphatic heterocycles. The second kappa shape index (κ2) is 5.85. The lowest BCUT2D eigenvalue weighted by molar-refractivity contribution is 0.122. The van der Waals surface area contributed by atoms with Crippen LogP contribution in [0.4, 0.5) is 10.1 Å². The molecule has 1 aromatic carbocycles. The standard InChI is InChI=1S/C16H20FN3O/c1-11-9-12(2)18-19-16(11)13-3-4-15(14(17)10-13)20-5-7-21-8-6-20/h3-4,10-11,18H,2,5-9H2,1H3/t11-/m0/s1. The zero-order valence-electron chi connectivity index (χ0n) is 12.2. The highest BCUT2D eigenvalue weighted by molar-refractivity contribution is 6.02. The quantitative estimate of drug-likeness (QED) is 0.909. The highest BCUT2D eigenvalue weighted by atomic mass is 19.1. The van der Waals surface area contributed by atoms with Crippen molar-refractivity contribution in [1.82, 2.24) is 5.43 Å². The molecule has 2 aliphatic rings. The first kappa shape index (κ1) is 14.1. The Kier molecular flexibility index (Phi) is 3.92. The molecule has 0 bridgehead atoms. The molecule has 1 atom stereocenters. The number of hydrogen-bond acceptors (Lipinski definition) is 4. The number of allylic oxidation sites excluding steroid dienone is 1. The predicted octanol–water partition coefficient (Wildman–Crippen LogP) is 2.51. The third-order valence-electron chi connectivity index (χ3n) is 3.95. The maximum Gasteiger partial charge on any atom is 0.147 e. The van der Waals surface area contributed by atoms with Gasteiger partial charge in [-0.2, -0.15) is 5.10 Å². The zero-order chi connectivity index (χ0) is 14.8. The summed E-state index contributed by atoms with van der Waals surface area (Å²) in [4.78, 5) is 2.02. The molecule has 1 saturated heterocycles. The summed E-state index contributed by atoms with van der Waals surface area (Å²) in [6.45, 7) is 8.72. The molecule has 2 heterocycles. The van der Waals surface area contributed by atoms with Crippen molar-refractivity contribution >= 4 is 11.4 Å². The summed E-state index contributed by atoms with van der Waals surface area (Å²) in [5, 5.41) is 4.31. The van der Waals surface area contributed by atoms with Crippen LogP contribution in [0.25, 0.3) is 0 Å². The van der Waals surface area contributed by atoms with E-state index in [1.807, 2.05) is 17.0 Å². The number of benzene rings is 1. The molecule has 0 spiro atoms. The highest BCUT2D eigenvalue weighted by Crippen LogP contribution is 2.25. The van der Waals surface area contributed by atoms with Crippen LogP contribution in [-0.2, 0) is 4.74 Å². The van der Waals surface area contributed by atoms with Gasteiger partial charge in [-0.1, -0.05) is 19.6 Å². The van der Waals surface area contributed by atoms with Gasteiger partial charge in [0.2, 0.25) is 0 Å². The van der Waals surface area contributed by atoms with Crippen molar-refractivity contribution in [1.29, 1.82) is 0 Å². The topological polar surface area (TPSA) is 36.9 Å². The molecule has 0 unspecified atom stereocenters. The van der Waals surface area contributed by atoms with Crippen LogP contribution in [0.15, 0.2) is 35.6 Å². The molecule has 5 heteroatoms. The molecule has 3 rings (SSSR count). The summed E-state index contributed by atoms with van der Waals surface area (Å²) in [5.74, 6) is 0.0427. The molecule has 1 fully saturated rings. The fraction of sp³-hybridized carbons (Fsp3) is 0.438. The molecular formula is C16H20FN3O.